The van der Waals surface area contributed by atoms with Crippen molar-refractivity contribution in [3.05, 3.63) is 23.0 Å². The first-order valence-electron chi connectivity index (χ1n) is 10.7. The molecular weight excluding hydrogens is 356 g/mol. The Hall–Kier alpha value is -1.62. The molecule has 1 aliphatic heterocycles. The molecule has 0 aromatic heterocycles. The summed E-state index contributed by atoms with van der Waals surface area (Å²) in [4.78, 5) is 23.3. The van der Waals surface area contributed by atoms with E-state index in [4.69, 9.17) is 9.47 Å². The van der Waals surface area contributed by atoms with Crippen molar-refractivity contribution >= 4 is 11.8 Å². The van der Waals surface area contributed by atoms with Gasteiger partial charge in [0.2, 0.25) is 0 Å². The summed E-state index contributed by atoms with van der Waals surface area (Å²) in [6, 6.07) is 0. The third-order valence-electron chi connectivity index (χ3n) is 6.69. The molecule has 1 heterocycles. The van der Waals surface area contributed by atoms with Gasteiger partial charge in [0.15, 0.2) is 5.78 Å². The quantitative estimate of drug-likeness (QED) is 0.523. The van der Waals surface area contributed by atoms with Gasteiger partial charge in [-0.3, -0.25) is 9.59 Å². The molecule has 0 bridgehead atoms. The molecule has 0 radical (unpaired) electrons. The summed E-state index contributed by atoms with van der Waals surface area (Å²) < 4.78 is 11.4. The highest BCUT2D eigenvalue weighted by Gasteiger charge is 2.50. The van der Waals surface area contributed by atoms with Crippen LogP contribution in [0.3, 0.4) is 0 Å². The molecule has 0 aromatic carbocycles. The van der Waals surface area contributed by atoms with Gasteiger partial charge >= 0.3 is 5.97 Å². The SMILES string of the molecule is CC(=O)OCC(C)CCCC(C)C1=CCC2(C)OC3=C(CC12)C(=O)CCC3O. The Morgan fingerprint density at radius 1 is 1.39 bits per heavy atom. The minimum Gasteiger partial charge on any atom is -0.488 e. The molecule has 0 aromatic rings. The molecule has 0 saturated carbocycles. The Labute approximate surface area is 168 Å². The van der Waals surface area contributed by atoms with E-state index >= 15 is 0 Å². The number of rotatable bonds is 7. The third-order valence-corrected chi connectivity index (χ3v) is 6.69. The Morgan fingerprint density at radius 3 is 2.86 bits per heavy atom. The maximum atomic E-state index is 12.4. The molecule has 5 heteroatoms. The number of Topliss-reactive ketones (excluding diaryl/α,β-unsaturated/α-hetero) is 1. The second kappa shape index (κ2) is 8.40. The Kier molecular flexibility index (Phi) is 6.33. The van der Waals surface area contributed by atoms with Crippen LogP contribution < -0.4 is 0 Å². The number of carbonyl (C=O) groups is 2. The maximum absolute atomic E-state index is 12.4. The highest BCUT2D eigenvalue weighted by Crippen LogP contribution is 2.51. The molecule has 3 rings (SSSR count). The first-order chi connectivity index (χ1) is 13.2. The van der Waals surface area contributed by atoms with Crippen molar-refractivity contribution in [2.24, 2.45) is 17.8 Å². The standard InChI is InChI=1S/C23H34O5/c1-14(13-27-16(3)24)6-5-7-15(2)17-10-11-23(4)19(17)12-18-20(25)8-9-21(26)22(18)28-23/h10,14-15,19,21,26H,5-9,11-13H2,1-4H3. The summed E-state index contributed by atoms with van der Waals surface area (Å²) in [5, 5.41) is 10.3. The van der Waals surface area contributed by atoms with Crippen LogP contribution in [0.2, 0.25) is 0 Å². The van der Waals surface area contributed by atoms with Crippen LogP contribution in [0.5, 0.6) is 0 Å². The fourth-order valence-electron chi connectivity index (χ4n) is 4.92. The number of hydrogen-bond donors (Lipinski definition) is 1. The van der Waals surface area contributed by atoms with Crippen LogP contribution in [0.1, 0.15) is 72.6 Å². The highest BCUT2D eigenvalue weighted by atomic mass is 16.5. The molecule has 3 aliphatic rings. The zero-order valence-electron chi connectivity index (χ0n) is 17.6. The molecule has 0 fully saturated rings. The van der Waals surface area contributed by atoms with Gasteiger partial charge in [-0.25, -0.2) is 0 Å². The van der Waals surface area contributed by atoms with Crippen molar-refractivity contribution in [2.75, 3.05) is 6.61 Å². The summed E-state index contributed by atoms with van der Waals surface area (Å²) in [5.41, 5.74) is 1.77. The number of carbonyl (C=O) groups excluding carboxylic acids is 2. The number of allylic oxidation sites excluding steroid dienone is 1. The summed E-state index contributed by atoms with van der Waals surface area (Å²) in [6.45, 7) is 8.42. The van der Waals surface area contributed by atoms with Crippen molar-refractivity contribution in [1.82, 2.24) is 0 Å². The van der Waals surface area contributed by atoms with Gasteiger partial charge in [-0.15, -0.1) is 0 Å². The molecule has 1 N–H and O–H groups in total. The summed E-state index contributed by atoms with van der Waals surface area (Å²) in [6.07, 6.45) is 7.27. The Bertz CT molecular complexity index is 691. The van der Waals surface area contributed by atoms with Gasteiger partial charge in [-0.2, -0.15) is 0 Å². The smallest absolute Gasteiger partial charge is 0.302 e. The molecule has 156 valence electrons. The highest BCUT2D eigenvalue weighted by molar-refractivity contribution is 5.97. The second-order valence-corrected chi connectivity index (χ2v) is 9.14. The minimum absolute atomic E-state index is 0.139. The third kappa shape index (κ3) is 4.35. The van der Waals surface area contributed by atoms with Gasteiger partial charge in [-0.05, 0) is 44.4 Å². The average molecular weight is 391 g/mol. The maximum Gasteiger partial charge on any atom is 0.302 e. The average Bonchev–Trinajstić information content (AvgIpc) is 2.98. The largest absolute Gasteiger partial charge is 0.488 e. The number of ether oxygens (including phenoxy) is 2. The second-order valence-electron chi connectivity index (χ2n) is 9.14. The van der Waals surface area contributed by atoms with Crippen LogP contribution in [0.15, 0.2) is 23.0 Å². The van der Waals surface area contributed by atoms with Crippen molar-refractivity contribution in [3.63, 3.8) is 0 Å². The van der Waals surface area contributed by atoms with Gasteiger partial charge in [0.25, 0.3) is 0 Å². The van der Waals surface area contributed by atoms with E-state index in [1.165, 1.54) is 12.5 Å². The molecule has 28 heavy (non-hydrogen) atoms. The topological polar surface area (TPSA) is 72.8 Å². The predicted molar refractivity (Wildman–Crippen MR) is 106 cm³/mol. The minimum atomic E-state index is -0.634. The summed E-state index contributed by atoms with van der Waals surface area (Å²) in [5.74, 6) is 1.48. The van der Waals surface area contributed by atoms with Crippen molar-refractivity contribution in [2.45, 2.75) is 84.3 Å². The van der Waals surface area contributed by atoms with E-state index in [9.17, 15) is 14.7 Å². The summed E-state index contributed by atoms with van der Waals surface area (Å²) in [7, 11) is 0. The number of hydrogen-bond acceptors (Lipinski definition) is 5. The predicted octanol–water partition coefficient (Wildman–Crippen LogP) is 4.10. The summed E-state index contributed by atoms with van der Waals surface area (Å²) >= 11 is 0. The lowest BCUT2D eigenvalue weighted by atomic mass is 9.73. The van der Waals surface area contributed by atoms with Crippen LogP contribution in [-0.2, 0) is 19.1 Å². The van der Waals surface area contributed by atoms with Crippen LogP contribution in [-0.4, -0.2) is 35.2 Å². The fourth-order valence-corrected chi connectivity index (χ4v) is 4.92. The lowest BCUT2D eigenvalue weighted by Gasteiger charge is -2.43. The van der Waals surface area contributed by atoms with E-state index in [1.807, 2.05) is 0 Å². The molecule has 5 nitrogen and oxygen atoms in total. The zero-order chi connectivity index (χ0) is 20.5. The van der Waals surface area contributed by atoms with Gasteiger partial charge in [-0.1, -0.05) is 31.9 Å². The number of ketones is 1. The molecule has 2 aliphatic carbocycles. The van der Waals surface area contributed by atoms with Crippen LogP contribution in [0.25, 0.3) is 0 Å². The van der Waals surface area contributed by atoms with E-state index < -0.39 is 6.10 Å². The van der Waals surface area contributed by atoms with E-state index in [1.54, 1.807) is 0 Å². The van der Waals surface area contributed by atoms with Gasteiger partial charge in [0.1, 0.15) is 17.5 Å². The van der Waals surface area contributed by atoms with Crippen LogP contribution in [0.4, 0.5) is 0 Å². The van der Waals surface area contributed by atoms with Gasteiger partial charge in [0.05, 0.1) is 6.61 Å². The number of fused-ring (bicyclic) bond motifs is 1. The number of aliphatic hydroxyl groups excluding tert-OH is 1. The van der Waals surface area contributed by atoms with Crippen LogP contribution in [0, 0.1) is 17.8 Å². The van der Waals surface area contributed by atoms with Crippen molar-refractivity contribution in [1.29, 1.82) is 0 Å². The van der Waals surface area contributed by atoms with E-state index in [0.717, 1.165) is 31.3 Å². The van der Waals surface area contributed by atoms with Crippen molar-refractivity contribution < 1.29 is 24.2 Å². The number of esters is 1. The first kappa shape index (κ1) is 21.1. The Balaban J connectivity index is 1.59. The molecule has 0 saturated heterocycles. The van der Waals surface area contributed by atoms with Gasteiger partial charge < -0.3 is 14.6 Å². The normalized spacial score (nSPS) is 31.5. The Morgan fingerprint density at radius 2 is 2.14 bits per heavy atom. The van der Waals surface area contributed by atoms with E-state index in [-0.39, 0.29) is 23.3 Å². The molecule has 5 unspecified atom stereocenters. The first-order valence-corrected chi connectivity index (χ1v) is 10.7. The number of aliphatic hydroxyl groups is 1. The lowest BCUT2D eigenvalue weighted by molar-refractivity contribution is -0.142. The monoisotopic (exact) mass is 390 g/mol. The molecular formula is C23H34O5. The van der Waals surface area contributed by atoms with E-state index in [2.05, 4.69) is 26.8 Å². The molecule has 5 atom stereocenters. The fraction of sp³-hybridized carbons (Fsp3) is 0.739. The molecule has 0 amide bonds. The van der Waals surface area contributed by atoms with Crippen LogP contribution >= 0.6 is 0 Å². The lowest BCUT2D eigenvalue weighted by Crippen LogP contribution is -2.44. The zero-order valence-corrected chi connectivity index (χ0v) is 17.6. The molecule has 0 spiro atoms. The van der Waals surface area contributed by atoms with Gasteiger partial charge in [0, 0.05) is 31.3 Å². The van der Waals surface area contributed by atoms with Crippen molar-refractivity contribution in [3.8, 4) is 0 Å². The van der Waals surface area contributed by atoms with E-state index in [0.29, 0.717) is 43.5 Å².